The molecule has 0 heterocycles. The van der Waals surface area contributed by atoms with E-state index in [-0.39, 0.29) is 5.16 Å². The quantitative estimate of drug-likeness (QED) is 0.630. The minimum absolute atomic E-state index is 0.200. The van der Waals surface area contributed by atoms with Gasteiger partial charge in [0.2, 0.25) is 0 Å². The Bertz CT molecular complexity index is 606. The van der Waals surface area contributed by atoms with Gasteiger partial charge in [0.1, 0.15) is 6.04 Å². The van der Waals surface area contributed by atoms with Gasteiger partial charge in [-0.15, -0.1) is 0 Å². The van der Waals surface area contributed by atoms with Crippen LogP contribution >= 0.6 is 5.74 Å². The van der Waals surface area contributed by atoms with Crippen LogP contribution in [-0.2, 0) is 0 Å². The third kappa shape index (κ3) is 5.50. The summed E-state index contributed by atoms with van der Waals surface area (Å²) in [6.45, 7) is 8.08. The van der Waals surface area contributed by atoms with Gasteiger partial charge in [0.05, 0.1) is 0 Å². The van der Waals surface area contributed by atoms with Crippen LogP contribution in [-0.4, -0.2) is 20.3 Å². The Morgan fingerprint density at radius 3 is 1.68 bits per heavy atom. The molecule has 0 saturated heterocycles. The summed E-state index contributed by atoms with van der Waals surface area (Å²) in [5, 5.41) is 0.719. The van der Waals surface area contributed by atoms with E-state index < -0.39 is 5.74 Å². The van der Waals surface area contributed by atoms with Crippen molar-refractivity contribution in [3.63, 3.8) is 0 Å². The first kappa shape index (κ1) is 19.4. The minimum Gasteiger partial charge on any atom is -0.352 e. The van der Waals surface area contributed by atoms with Crippen molar-refractivity contribution in [1.29, 1.82) is 0 Å². The van der Waals surface area contributed by atoms with Crippen LogP contribution in [0.25, 0.3) is 0 Å². The van der Waals surface area contributed by atoms with Crippen molar-refractivity contribution in [2.45, 2.75) is 38.9 Å². The summed E-state index contributed by atoms with van der Waals surface area (Å²) < 4.78 is 0. The summed E-state index contributed by atoms with van der Waals surface area (Å²) >= 11 is 2.87. The van der Waals surface area contributed by atoms with Crippen molar-refractivity contribution < 1.29 is 10.6 Å². The van der Waals surface area contributed by atoms with Gasteiger partial charge in [-0.3, -0.25) is 0 Å². The number of rotatable bonds is 2. The number of hydrogen-bond donors (Lipinski definition) is 1. The molecule has 0 aliphatic heterocycles. The SMILES string of the molecule is CC(C)(C)[P@]([O-])(=[Se])c1ccccc1.C[C@H]([NH3+])c1ccccc1. The molecule has 2 atom stereocenters. The van der Waals surface area contributed by atoms with E-state index in [0.717, 1.165) is 5.30 Å². The monoisotopic (exact) mass is 383 g/mol. The van der Waals surface area contributed by atoms with Gasteiger partial charge in [-0.25, -0.2) is 0 Å². The third-order valence-electron chi connectivity index (χ3n) is 3.35. The first-order valence-corrected chi connectivity index (χ1v) is 11.3. The molecule has 0 radical (unpaired) electrons. The van der Waals surface area contributed by atoms with Crippen molar-refractivity contribution >= 4 is 26.1 Å². The molecular weight excluding hydrogens is 356 g/mol. The number of benzene rings is 2. The van der Waals surface area contributed by atoms with Gasteiger partial charge in [-0.1, -0.05) is 30.3 Å². The Balaban J connectivity index is 0.000000235. The molecule has 0 aromatic heterocycles. The third-order valence-corrected chi connectivity index (χ3v) is 10.9. The van der Waals surface area contributed by atoms with Gasteiger partial charge in [-0.2, -0.15) is 0 Å². The topological polar surface area (TPSA) is 50.7 Å². The second kappa shape index (κ2) is 8.24. The maximum atomic E-state index is 12.4. The minimum atomic E-state index is -2.35. The summed E-state index contributed by atoms with van der Waals surface area (Å²) in [4.78, 5) is 12.4. The predicted octanol–water partition coefficient (Wildman–Crippen LogP) is 2.48. The zero-order valence-electron chi connectivity index (χ0n) is 13.8. The molecule has 0 aliphatic rings. The van der Waals surface area contributed by atoms with E-state index in [1.54, 1.807) is 0 Å². The smallest absolute Gasteiger partial charge is 0.107 e. The normalized spacial score (nSPS) is 15.2. The first-order chi connectivity index (χ1) is 10.2. The standard InChI is InChI=1S/C10H15OPSe.C8H11N/c1-10(2,3)12(11,13)9-7-5-4-6-8-9;1-7(9)8-5-3-2-4-6-8/h4-8H,1-3H3,(H,11,13);2-7H,9H2,1H3/t12-;7-/m10/s1. The van der Waals surface area contributed by atoms with E-state index in [2.05, 4.69) is 39.9 Å². The molecule has 2 rings (SSSR count). The van der Waals surface area contributed by atoms with Crippen molar-refractivity contribution in [3.05, 3.63) is 66.2 Å². The van der Waals surface area contributed by atoms with Gasteiger partial charge in [0, 0.05) is 5.56 Å². The molecule has 0 amide bonds. The average Bonchev–Trinajstić information content (AvgIpc) is 2.48. The summed E-state index contributed by atoms with van der Waals surface area (Å²) in [7, 11) is 0. The average molecular weight is 382 g/mol. The second-order valence-corrected chi connectivity index (χ2v) is 12.6. The summed E-state index contributed by atoms with van der Waals surface area (Å²) in [5.41, 5.74) is 2.86. The van der Waals surface area contributed by atoms with Crippen LogP contribution in [0.5, 0.6) is 0 Å². The molecule has 2 nitrogen and oxygen atoms in total. The van der Waals surface area contributed by atoms with Crippen LogP contribution in [0.15, 0.2) is 60.7 Å². The van der Waals surface area contributed by atoms with E-state index in [1.807, 2.05) is 69.3 Å². The zero-order valence-corrected chi connectivity index (χ0v) is 16.4. The van der Waals surface area contributed by atoms with E-state index in [4.69, 9.17) is 0 Å². The Morgan fingerprint density at radius 2 is 1.36 bits per heavy atom. The zero-order chi connectivity index (χ0) is 16.8. The van der Waals surface area contributed by atoms with Crippen molar-refractivity contribution in [1.82, 2.24) is 0 Å². The largest absolute Gasteiger partial charge is 0.352 e. The van der Waals surface area contributed by atoms with Gasteiger partial charge < -0.3 is 5.73 Å². The molecule has 0 saturated carbocycles. The molecule has 120 valence electrons. The molecule has 0 aliphatic carbocycles. The fraction of sp³-hybridized carbons (Fsp3) is 0.333. The van der Waals surface area contributed by atoms with E-state index in [9.17, 15) is 4.89 Å². The van der Waals surface area contributed by atoms with Crippen LogP contribution in [0, 0.1) is 0 Å². The first-order valence-electron chi connectivity index (χ1n) is 7.41. The van der Waals surface area contributed by atoms with Crippen molar-refractivity contribution in [2.75, 3.05) is 0 Å². The second-order valence-electron chi connectivity index (χ2n) is 6.37. The maximum Gasteiger partial charge on any atom is 0.107 e. The van der Waals surface area contributed by atoms with Crippen LogP contribution in [0.2, 0.25) is 0 Å². The van der Waals surface area contributed by atoms with Crippen LogP contribution in [0.3, 0.4) is 0 Å². The van der Waals surface area contributed by atoms with Crippen LogP contribution in [0.1, 0.15) is 39.3 Å². The van der Waals surface area contributed by atoms with Gasteiger partial charge in [0.25, 0.3) is 0 Å². The van der Waals surface area contributed by atoms with Crippen LogP contribution < -0.4 is 15.9 Å². The molecule has 4 heteroatoms. The summed E-state index contributed by atoms with van der Waals surface area (Å²) in [5.74, 6) is 0. The van der Waals surface area contributed by atoms with Gasteiger partial charge in [0.15, 0.2) is 0 Å². The fourth-order valence-corrected chi connectivity index (χ4v) is 3.90. The molecule has 2 aromatic carbocycles. The van der Waals surface area contributed by atoms with Gasteiger partial charge in [-0.05, 0) is 6.92 Å². The van der Waals surface area contributed by atoms with E-state index >= 15 is 0 Å². The Kier molecular flexibility index (Phi) is 7.25. The Hall–Kier alpha value is -0.691. The molecule has 0 bridgehead atoms. The molecule has 22 heavy (non-hydrogen) atoms. The maximum absolute atomic E-state index is 12.4. The molecule has 0 spiro atoms. The summed E-state index contributed by atoms with van der Waals surface area (Å²) in [6.07, 6.45) is 0. The molecule has 0 unspecified atom stereocenters. The Labute approximate surface area is 142 Å². The molecule has 2 aromatic rings. The summed E-state index contributed by atoms with van der Waals surface area (Å²) in [6, 6.07) is 20.3. The van der Waals surface area contributed by atoms with Crippen LogP contribution in [0.4, 0.5) is 0 Å². The molecular formula is C18H26NOPSe. The van der Waals surface area contributed by atoms with E-state index in [1.165, 1.54) is 5.56 Å². The Morgan fingerprint density at radius 1 is 0.955 bits per heavy atom. The predicted molar refractivity (Wildman–Crippen MR) is 96.2 cm³/mol. The van der Waals surface area contributed by atoms with E-state index in [0.29, 0.717) is 6.04 Å². The number of hydrogen-bond acceptors (Lipinski definition) is 1. The molecule has 3 N–H and O–H groups in total. The fourth-order valence-electron chi connectivity index (χ4n) is 1.79. The van der Waals surface area contributed by atoms with Gasteiger partial charge >= 0.3 is 87.3 Å². The number of quaternary nitrogens is 1. The molecule has 0 fully saturated rings. The van der Waals surface area contributed by atoms with Crippen molar-refractivity contribution in [3.8, 4) is 0 Å². The van der Waals surface area contributed by atoms with Crippen molar-refractivity contribution in [2.24, 2.45) is 0 Å².